The summed E-state index contributed by atoms with van der Waals surface area (Å²) in [5, 5.41) is 0. The van der Waals surface area contributed by atoms with Gasteiger partial charge in [0.1, 0.15) is 0 Å². The summed E-state index contributed by atoms with van der Waals surface area (Å²) in [4.78, 5) is 0. The van der Waals surface area contributed by atoms with Crippen LogP contribution in [0.25, 0.3) is 0 Å². The molecule has 2 N–H and O–H groups in total. The molecule has 0 spiro atoms. The van der Waals surface area contributed by atoms with Gasteiger partial charge in [0.2, 0.25) is 0 Å². The number of benzene rings is 1. The minimum absolute atomic E-state index is 0.0770. The molecule has 0 aliphatic rings. The van der Waals surface area contributed by atoms with Gasteiger partial charge >= 0.3 is 0 Å². The van der Waals surface area contributed by atoms with Crippen LogP contribution < -0.4 is 10.5 Å². The minimum Gasteiger partial charge on any atom is -0.487 e. The highest BCUT2D eigenvalue weighted by atomic mass is 19.1. The molecule has 0 heterocycles. The van der Waals surface area contributed by atoms with Crippen LogP contribution in [0.1, 0.15) is 26.7 Å². The van der Waals surface area contributed by atoms with E-state index in [-0.39, 0.29) is 11.9 Å². The van der Waals surface area contributed by atoms with Crippen molar-refractivity contribution in [1.82, 2.24) is 0 Å². The molecule has 78 valence electrons. The number of halogens is 1. The van der Waals surface area contributed by atoms with E-state index in [2.05, 4.69) is 0 Å². The average molecular weight is 197 g/mol. The van der Waals surface area contributed by atoms with E-state index in [4.69, 9.17) is 10.5 Å². The molecule has 0 aliphatic carbocycles. The van der Waals surface area contributed by atoms with Crippen molar-refractivity contribution < 1.29 is 9.13 Å². The van der Waals surface area contributed by atoms with Crippen molar-refractivity contribution in [2.45, 2.75) is 32.8 Å². The van der Waals surface area contributed by atoms with Crippen LogP contribution in [0, 0.1) is 5.82 Å². The number of hydrogen-bond donors (Lipinski definition) is 1. The normalized spacial score (nSPS) is 10.6. The molecule has 0 unspecified atom stereocenters. The fraction of sp³-hybridized carbons (Fsp3) is 0.455. The lowest BCUT2D eigenvalue weighted by Gasteiger charge is -2.16. The van der Waals surface area contributed by atoms with Gasteiger partial charge in [0.25, 0.3) is 0 Å². The van der Waals surface area contributed by atoms with Gasteiger partial charge in [-0.15, -0.1) is 0 Å². The summed E-state index contributed by atoms with van der Waals surface area (Å²) in [7, 11) is 0. The summed E-state index contributed by atoms with van der Waals surface area (Å²) in [5.74, 6) is -0.107. The first kappa shape index (κ1) is 10.8. The molecule has 0 amide bonds. The van der Waals surface area contributed by atoms with Crippen molar-refractivity contribution in [3.63, 3.8) is 0 Å². The monoisotopic (exact) mass is 197 g/mol. The summed E-state index contributed by atoms with van der Waals surface area (Å²) >= 11 is 0. The van der Waals surface area contributed by atoms with Crippen molar-refractivity contribution in [3.05, 3.63) is 24.0 Å². The zero-order valence-corrected chi connectivity index (χ0v) is 8.59. The fourth-order valence-electron chi connectivity index (χ4n) is 1.25. The Balaban J connectivity index is 2.76. The van der Waals surface area contributed by atoms with Gasteiger partial charge in [-0.25, -0.2) is 4.39 Å². The molecule has 1 rings (SSSR count). The predicted octanol–water partition coefficient (Wildman–Crippen LogP) is 2.98. The number of rotatable bonds is 4. The van der Waals surface area contributed by atoms with Gasteiger partial charge < -0.3 is 10.5 Å². The van der Waals surface area contributed by atoms with Gasteiger partial charge in [0, 0.05) is 11.8 Å². The lowest BCUT2D eigenvalue weighted by Crippen LogP contribution is -2.14. The van der Waals surface area contributed by atoms with Crippen LogP contribution in [0.2, 0.25) is 0 Å². The predicted molar refractivity (Wildman–Crippen MR) is 55.8 cm³/mol. The van der Waals surface area contributed by atoms with Crippen LogP contribution in [0.5, 0.6) is 5.75 Å². The van der Waals surface area contributed by atoms with Gasteiger partial charge in [-0.2, -0.15) is 0 Å². The van der Waals surface area contributed by atoms with Crippen LogP contribution in [0.15, 0.2) is 18.2 Å². The van der Waals surface area contributed by atoms with Crippen molar-refractivity contribution in [3.8, 4) is 5.75 Å². The van der Waals surface area contributed by atoms with Crippen LogP contribution in [0.3, 0.4) is 0 Å². The number of anilines is 1. The summed E-state index contributed by atoms with van der Waals surface area (Å²) < 4.78 is 18.7. The maximum atomic E-state index is 13.3. The Morgan fingerprint density at radius 2 is 2.00 bits per heavy atom. The van der Waals surface area contributed by atoms with E-state index < -0.39 is 5.82 Å². The average Bonchev–Trinajstić information content (AvgIpc) is 2.17. The second-order valence-electron chi connectivity index (χ2n) is 3.25. The van der Waals surface area contributed by atoms with Gasteiger partial charge in [-0.3, -0.25) is 0 Å². The van der Waals surface area contributed by atoms with Crippen molar-refractivity contribution in [2.75, 3.05) is 5.73 Å². The first-order valence-electron chi connectivity index (χ1n) is 4.89. The van der Waals surface area contributed by atoms with E-state index in [0.29, 0.717) is 5.69 Å². The Morgan fingerprint density at radius 3 is 2.50 bits per heavy atom. The second-order valence-corrected chi connectivity index (χ2v) is 3.25. The summed E-state index contributed by atoms with van der Waals surface area (Å²) in [6, 6.07) is 4.49. The van der Waals surface area contributed by atoms with E-state index in [1.165, 1.54) is 6.07 Å². The maximum absolute atomic E-state index is 13.3. The second kappa shape index (κ2) is 4.84. The molecule has 14 heavy (non-hydrogen) atoms. The number of hydrogen-bond acceptors (Lipinski definition) is 2. The SMILES string of the molecule is CCC(CC)Oc1ccc(N)cc1F. The quantitative estimate of drug-likeness (QED) is 0.753. The summed E-state index contributed by atoms with van der Waals surface area (Å²) in [5.41, 5.74) is 5.84. The van der Waals surface area contributed by atoms with E-state index in [1.807, 2.05) is 13.8 Å². The lowest BCUT2D eigenvalue weighted by molar-refractivity contribution is 0.184. The van der Waals surface area contributed by atoms with E-state index in [0.717, 1.165) is 12.8 Å². The van der Waals surface area contributed by atoms with E-state index in [9.17, 15) is 4.39 Å². The number of nitrogens with two attached hydrogens (primary N) is 1. The summed E-state index contributed by atoms with van der Waals surface area (Å²) in [6.07, 6.45) is 1.83. The Bertz CT molecular complexity index is 297. The van der Waals surface area contributed by atoms with Crippen LogP contribution in [-0.4, -0.2) is 6.10 Å². The summed E-state index contributed by atoms with van der Waals surface area (Å²) in [6.45, 7) is 4.03. The van der Waals surface area contributed by atoms with Crippen LogP contribution in [0.4, 0.5) is 10.1 Å². The molecule has 0 aromatic heterocycles. The molecular formula is C11H16FNO. The zero-order chi connectivity index (χ0) is 10.6. The smallest absolute Gasteiger partial charge is 0.167 e. The molecule has 0 bridgehead atoms. The van der Waals surface area contributed by atoms with Crippen molar-refractivity contribution >= 4 is 5.69 Å². The molecule has 3 heteroatoms. The Labute approximate surface area is 83.9 Å². The van der Waals surface area contributed by atoms with Crippen LogP contribution >= 0.6 is 0 Å². The highest BCUT2D eigenvalue weighted by Gasteiger charge is 2.09. The van der Waals surface area contributed by atoms with Gasteiger partial charge in [0.15, 0.2) is 11.6 Å². The van der Waals surface area contributed by atoms with Crippen molar-refractivity contribution in [1.29, 1.82) is 0 Å². The number of ether oxygens (including phenoxy) is 1. The van der Waals surface area contributed by atoms with Gasteiger partial charge in [-0.05, 0) is 25.0 Å². The Hall–Kier alpha value is -1.25. The standard InChI is InChI=1S/C11H16FNO/c1-3-9(4-2)14-11-6-5-8(13)7-10(11)12/h5-7,9H,3-4,13H2,1-2H3. The molecule has 0 aliphatic heterocycles. The highest BCUT2D eigenvalue weighted by Crippen LogP contribution is 2.21. The molecule has 0 radical (unpaired) electrons. The third-order valence-electron chi connectivity index (χ3n) is 2.16. The number of nitrogen functional groups attached to an aromatic ring is 1. The van der Waals surface area contributed by atoms with Gasteiger partial charge in [-0.1, -0.05) is 13.8 Å². The van der Waals surface area contributed by atoms with Crippen molar-refractivity contribution in [2.24, 2.45) is 0 Å². The fourth-order valence-corrected chi connectivity index (χ4v) is 1.25. The largest absolute Gasteiger partial charge is 0.487 e. The Morgan fingerprint density at radius 1 is 1.36 bits per heavy atom. The lowest BCUT2D eigenvalue weighted by atomic mass is 10.2. The Kier molecular flexibility index (Phi) is 3.74. The molecule has 1 aromatic rings. The molecule has 0 saturated heterocycles. The molecule has 1 aromatic carbocycles. The molecule has 0 saturated carbocycles. The van der Waals surface area contributed by atoms with Crippen LogP contribution in [-0.2, 0) is 0 Å². The third kappa shape index (κ3) is 2.62. The molecule has 0 atom stereocenters. The first-order valence-corrected chi connectivity index (χ1v) is 4.89. The van der Waals surface area contributed by atoms with Gasteiger partial charge in [0.05, 0.1) is 6.10 Å². The zero-order valence-electron chi connectivity index (χ0n) is 8.59. The van der Waals surface area contributed by atoms with E-state index in [1.54, 1.807) is 12.1 Å². The third-order valence-corrected chi connectivity index (χ3v) is 2.16. The first-order chi connectivity index (χ1) is 6.67. The highest BCUT2D eigenvalue weighted by molar-refractivity contribution is 5.42. The minimum atomic E-state index is -0.392. The molecule has 0 fully saturated rings. The molecular weight excluding hydrogens is 181 g/mol. The van der Waals surface area contributed by atoms with E-state index >= 15 is 0 Å². The maximum Gasteiger partial charge on any atom is 0.167 e. The molecule has 2 nitrogen and oxygen atoms in total. The topological polar surface area (TPSA) is 35.2 Å².